The summed E-state index contributed by atoms with van der Waals surface area (Å²) in [6.45, 7) is 16.0. The summed E-state index contributed by atoms with van der Waals surface area (Å²) in [5, 5.41) is 0. The first-order valence-electron chi connectivity index (χ1n) is 8.62. The fraction of sp³-hybridized carbons (Fsp3) is 1.00. The molecule has 0 aliphatic heterocycles. The summed E-state index contributed by atoms with van der Waals surface area (Å²) in [6, 6.07) is 0. The molecule has 0 aromatic rings. The van der Waals surface area contributed by atoms with Crippen LogP contribution in [-0.4, -0.2) is 56.4 Å². The van der Waals surface area contributed by atoms with Gasteiger partial charge in [0.15, 0.2) is 0 Å². The fourth-order valence-corrected chi connectivity index (χ4v) is 0. The average molecular weight is 369 g/mol. The lowest BCUT2D eigenvalue weighted by Gasteiger charge is -1.19. The number of nitrogens with two attached hydrogens (primary N) is 8. The van der Waals surface area contributed by atoms with E-state index in [4.69, 9.17) is 0 Å². The molecule has 0 amide bonds. The van der Waals surface area contributed by atoms with E-state index in [0.29, 0.717) is 0 Å². The SMILES string of the molecule is CC.CC.CC.CC.CN.CN.CN.CN.CN.CN.CN.CN. The van der Waals surface area contributed by atoms with Crippen molar-refractivity contribution in [3.8, 4) is 0 Å². The Morgan fingerprint density at radius 2 is 0.167 bits per heavy atom. The van der Waals surface area contributed by atoms with Crippen molar-refractivity contribution < 1.29 is 0 Å². The molecule has 0 radical (unpaired) electrons. The third kappa shape index (κ3) is 90500. The smallest absolute Gasteiger partial charge is 0.0195 e. The Morgan fingerprint density at radius 1 is 0.167 bits per heavy atom. The highest BCUT2D eigenvalue weighted by Crippen LogP contribution is 1.15. The molecule has 0 spiro atoms. The Bertz CT molecular complexity index is 22.0. The highest BCUT2D eigenvalue weighted by molar-refractivity contribution is 3.55. The first kappa shape index (κ1) is 89.3. The summed E-state index contributed by atoms with van der Waals surface area (Å²) >= 11 is 0. The Morgan fingerprint density at radius 3 is 0.167 bits per heavy atom. The van der Waals surface area contributed by atoms with Crippen molar-refractivity contribution in [2.45, 2.75) is 55.4 Å². The van der Waals surface area contributed by atoms with Gasteiger partial charge < -0.3 is 45.9 Å². The maximum Gasteiger partial charge on any atom is -0.0195 e. The van der Waals surface area contributed by atoms with Crippen LogP contribution in [0.4, 0.5) is 0 Å². The van der Waals surface area contributed by atoms with Gasteiger partial charge in [0.05, 0.1) is 0 Å². The van der Waals surface area contributed by atoms with Crippen LogP contribution in [0.25, 0.3) is 0 Å². The molecule has 0 rings (SSSR count). The molecule has 0 heterocycles. The van der Waals surface area contributed by atoms with Gasteiger partial charge in [-0.1, -0.05) is 55.4 Å². The van der Waals surface area contributed by atoms with Crippen LogP contribution >= 0.6 is 0 Å². The number of hydrogen-bond donors (Lipinski definition) is 8. The van der Waals surface area contributed by atoms with Crippen molar-refractivity contribution in [3.63, 3.8) is 0 Å². The van der Waals surface area contributed by atoms with Crippen LogP contribution < -0.4 is 45.9 Å². The molecule has 8 nitrogen and oxygen atoms in total. The molecule has 0 aromatic heterocycles. The highest BCUT2D eigenvalue weighted by Gasteiger charge is 0.939. The van der Waals surface area contributed by atoms with Crippen LogP contribution in [0.1, 0.15) is 55.4 Å². The van der Waals surface area contributed by atoms with Crippen LogP contribution in [0.5, 0.6) is 0 Å². The Balaban J connectivity index is -0.00000000655. The predicted molar refractivity (Wildman–Crippen MR) is 126 cm³/mol. The minimum absolute atomic E-state index is 1.50. The molecular formula is C16H64N8. The van der Waals surface area contributed by atoms with E-state index in [-0.39, 0.29) is 0 Å². The summed E-state index contributed by atoms with van der Waals surface area (Å²) in [4.78, 5) is 0. The van der Waals surface area contributed by atoms with E-state index >= 15 is 0 Å². The number of rotatable bonds is 0. The summed E-state index contributed by atoms with van der Waals surface area (Å²) in [7, 11) is 12.0. The summed E-state index contributed by atoms with van der Waals surface area (Å²) in [5.74, 6) is 0. The van der Waals surface area contributed by atoms with E-state index in [9.17, 15) is 0 Å². The Hall–Kier alpha value is -0.320. The Labute approximate surface area is 158 Å². The van der Waals surface area contributed by atoms with Gasteiger partial charge in [-0.05, 0) is 56.4 Å². The van der Waals surface area contributed by atoms with Crippen molar-refractivity contribution in [1.29, 1.82) is 0 Å². The minimum atomic E-state index is 1.50. The molecule has 24 heavy (non-hydrogen) atoms. The molecule has 0 fully saturated rings. The third-order valence-corrected chi connectivity index (χ3v) is 0. The molecule has 168 valence electrons. The fourth-order valence-electron chi connectivity index (χ4n) is 0. The lowest BCUT2D eigenvalue weighted by atomic mass is 11.0. The van der Waals surface area contributed by atoms with Crippen molar-refractivity contribution in [1.82, 2.24) is 0 Å². The van der Waals surface area contributed by atoms with E-state index in [1.54, 1.807) is 0 Å². The van der Waals surface area contributed by atoms with Gasteiger partial charge in [-0.25, -0.2) is 0 Å². The molecule has 0 aromatic carbocycles. The lowest BCUT2D eigenvalue weighted by Crippen LogP contribution is -1.69. The van der Waals surface area contributed by atoms with Crippen molar-refractivity contribution >= 4 is 0 Å². The van der Waals surface area contributed by atoms with Crippen LogP contribution in [-0.2, 0) is 0 Å². The molecule has 16 N–H and O–H groups in total. The van der Waals surface area contributed by atoms with Crippen molar-refractivity contribution in [2.75, 3.05) is 56.4 Å². The van der Waals surface area contributed by atoms with E-state index in [2.05, 4.69) is 45.9 Å². The van der Waals surface area contributed by atoms with Crippen molar-refractivity contribution in [3.05, 3.63) is 0 Å². The van der Waals surface area contributed by atoms with E-state index in [0.717, 1.165) is 0 Å². The predicted octanol–water partition coefficient (Wildman–Crippen LogP) is 0.704. The zero-order chi connectivity index (χ0) is 24.0. The van der Waals surface area contributed by atoms with Gasteiger partial charge >= 0.3 is 0 Å². The summed E-state index contributed by atoms with van der Waals surface area (Å²) < 4.78 is 0. The third-order valence-electron chi connectivity index (χ3n) is 0. The molecule has 0 saturated heterocycles. The molecule has 0 bridgehead atoms. The van der Waals surface area contributed by atoms with Gasteiger partial charge in [0.25, 0.3) is 0 Å². The summed E-state index contributed by atoms with van der Waals surface area (Å²) in [6.07, 6.45) is 0. The quantitative estimate of drug-likeness (QED) is 0.304. The van der Waals surface area contributed by atoms with Gasteiger partial charge in [0, 0.05) is 0 Å². The van der Waals surface area contributed by atoms with E-state index in [1.165, 1.54) is 56.4 Å². The molecule has 8 heteroatoms. The van der Waals surface area contributed by atoms with Crippen molar-refractivity contribution in [2.24, 2.45) is 45.9 Å². The van der Waals surface area contributed by atoms with E-state index in [1.807, 2.05) is 55.4 Å². The Kier molecular flexibility index (Phi) is 387000. The monoisotopic (exact) mass is 369 g/mol. The van der Waals surface area contributed by atoms with Gasteiger partial charge in [0.1, 0.15) is 0 Å². The maximum atomic E-state index is 4.50. The second kappa shape index (κ2) is 104000. The average Bonchev–Trinajstić information content (AvgIpc) is 2.84. The van der Waals surface area contributed by atoms with Crippen LogP contribution in [0.15, 0.2) is 0 Å². The summed E-state index contributed by atoms with van der Waals surface area (Å²) in [5.41, 5.74) is 36.0. The van der Waals surface area contributed by atoms with E-state index < -0.39 is 0 Å². The largest absolute Gasteiger partial charge is 0.333 e. The zero-order valence-corrected chi connectivity index (χ0v) is 20.6. The molecule has 0 unspecified atom stereocenters. The van der Waals surface area contributed by atoms with Gasteiger partial charge in [0.2, 0.25) is 0 Å². The second-order valence-corrected chi connectivity index (χ2v) is 0. The van der Waals surface area contributed by atoms with Gasteiger partial charge in [-0.2, -0.15) is 0 Å². The maximum absolute atomic E-state index is 4.50. The van der Waals surface area contributed by atoms with Crippen LogP contribution in [0.3, 0.4) is 0 Å². The first-order valence-corrected chi connectivity index (χ1v) is 8.62. The second-order valence-electron chi connectivity index (χ2n) is 0. The molecule has 0 aliphatic carbocycles. The topological polar surface area (TPSA) is 208 Å². The normalized spacial score (nSPS) is 3.00. The minimum Gasteiger partial charge on any atom is -0.333 e. The van der Waals surface area contributed by atoms with Gasteiger partial charge in [-0.3, -0.25) is 0 Å². The molecular weight excluding hydrogens is 304 g/mol. The van der Waals surface area contributed by atoms with Crippen LogP contribution in [0.2, 0.25) is 0 Å². The molecule has 0 saturated carbocycles. The standard InChI is InChI=1S/4C2H6.8CH5N/c12*1-2/h4*1-2H3;8*2H2,1H3. The first-order chi connectivity index (χ1) is 12.0. The molecule has 0 aliphatic rings. The number of hydrogen-bond acceptors (Lipinski definition) is 8. The highest BCUT2D eigenvalue weighted by atomic mass is 14.4. The zero-order valence-electron chi connectivity index (χ0n) is 20.6. The van der Waals surface area contributed by atoms with Crippen LogP contribution in [0, 0.1) is 0 Å². The lowest BCUT2D eigenvalue weighted by molar-refractivity contribution is 1.48. The molecule has 0 atom stereocenters. The van der Waals surface area contributed by atoms with Gasteiger partial charge in [-0.15, -0.1) is 0 Å².